The molecular weight excluding hydrogens is 963 g/mol. The van der Waals surface area contributed by atoms with Gasteiger partial charge < -0.3 is 35.3 Å². The molecule has 14 heteroatoms. The van der Waals surface area contributed by atoms with Gasteiger partial charge in [0.15, 0.2) is 11.2 Å². The minimum absolute atomic E-state index is 0.0834. The number of carbonyl (C=O) groups is 3. The Morgan fingerprint density at radius 2 is 1.51 bits per heavy atom. The zero-order chi connectivity index (χ0) is 54.3. The van der Waals surface area contributed by atoms with Crippen LogP contribution in [0.5, 0.6) is 17.4 Å². The summed E-state index contributed by atoms with van der Waals surface area (Å²) in [6.07, 6.45) is 8.10. The van der Waals surface area contributed by atoms with E-state index in [1.807, 2.05) is 48.5 Å². The van der Waals surface area contributed by atoms with Crippen molar-refractivity contribution in [2.24, 2.45) is 0 Å². The molecule has 77 heavy (non-hydrogen) atoms. The second-order valence-corrected chi connectivity index (χ2v) is 21.6. The third kappa shape index (κ3) is 10.5. The van der Waals surface area contributed by atoms with E-state index in [-0.39, 0.29) is 41.2 Å². The van der Waals surface area contributed by atoms with E-state index in [2.05, 4.69) is 139 Å². The lowest BCUT2D eigenvalue weighted by atomic mass is 9.84. The predicted octanol–water partition coefficient (Wildman–Crippen LogP) is 9.58. The zero-order valence-electron chi connectivity index (χ0n) is 45.6. The summed E-state index contributed by atoms with van der Waals surface area (Å²) in [5.74, 6) is 1.90. The van der Waals surface area contributed by atoms with E-state index in [9.17, 15) is 14.4 Å². The van der Waals surface area contributed by atoms with Crippen molar-refractivity contribution >= 4 is 57.1 Å². The van der Waals surface area contributed by atoms with E-state index in [1.165, 1.54) is 28.6 Å². The number of rotatable bonds is 17. The van der Waals surface area contributed by atoms with Gasteiger partial charge in [0.05, 0.1) is 17.9 Å². The Morgan fingerprint density at radius 3 is 2.23 bits per heavy atom. The number of hydrogen-bond acceptors (Lipinski definition) is 10. The number of nitrogens with two attached hydrogens (primary N) is 1. The van der Waals surface area contributed by atoms with Crippen LogP contribution in [-0.4, -0.2) is 80.2 Å². The summed E-state index contributed by atoms with van der Waals surface area (Å²) in [6, 6.07) is 32.1. The van der Waals surface area contributed by atoms with Crippen molar-refractivity contribution in [2.45, 2.75) is 105 Å². The fourth-order valence-corrected chi connectivity index (χ4v) is 11.5. The molecule has 5 aromatic carbocycles. The molecule has 0 unspecified atom stereocenters. The van der Waals surface area contributed by atoms with E-state index in [4.69, 9.17) is 15.2 Å². The number of H-pyrrole nitrogens is 1. The van der Waals surface area contributed by atoms with Gasteiger partial charge in [0.25, 0.3) is 11.8 Å². The summed E-state index contributed by atoms with van der Waals surface area (Å²) < 4.78 is 15.3. The summed E-state index contributed by atoms with van der Waals surface area (Å²) in [5.41, 5.74) is 19.6. The zero-order valence-corrected chi connectivity index (χ0v) is 45.6. The fraction of sp³-hybridized carbons (Fsp3) is 0.317. The fourth-order valence-electron chi connectivity index (χ4n) is 11.5. The maximum absolute atomic E-state index is 13.9. The number of nitrogens with one attached hydrogen (secondary N) is 2. The third-order valence-electron chi connectivity index (χ3n) is 15.3. The third-order valence-corrected chi connectivity index (χ3v) is 15.3. The number of fused-ring (bicyclic) bond motifs is 5. The van der Waals surface area contributed by atoms with E-state index in [1.54, 1.807) is 24.1 Å². The summed E-state index contributed by atoms with van der Waals surface area (Å²) >= 11 is 0. The number of ether oxygens (including phenoxy) is 2. The van der Waals surface area contributed by atoms with Crippen molar-refractivity contribution in [3.8, 4) is 17.4 Å². The number of aromatic amines is 1. The molecule has 14 nitrogen and oxygen atoms in total. The second-order valence-electron chi connectivity index (χ2n) is 21.6. The highest BCUT2D eigenvalue weighted by atomic mass is 16.5. The lowest BCUT2D eigenvalue weighted by Crippen LogP contribution is -2.49. The number of allylic oxidation sites excluding steroid dienone is 2. The van der Waals surface area contributed by atoms with E-state index in [0.29, 0.717) is 66.9 Å². The average Bonchev–Trinajstić information content (AvgIpc) is 3.92. The van der Waals surface area contributed by atoms with Crippen molar-refractivity contribution in [3.63, 3.8) is 0 Å². The standard InChI is InChI=1S/C63H67N9O5/c1-10-71-51-31-53-49(29-47(51)38(3)33-62(71,5)6)55(50-30-48-39(4)34-63(7,8)72(11-2)52(48)32-54(50)77-53)43-23-25-45(26-24-43)60(75)70(9)28-12-13-46(73)27-20-40-18-21-44(22-19-40)58(74)65-35-41-14-16-42(17-15-41)36-76-59-56-57(67-37-66-56)68-61(64)69-59/h14-19,21-26,29-34,37,64H,10-13,20,27-28,35-36H2,1-9H3,(H2,65,74,75)/p+1. The molecule has 0 atom stereocenters. The van der Waals surface area contributed by atoms with Crippen molar-refractivity contribution < 1.29 is 23.9 Å². The molecule has 0 saturated carbocycles. The maximum Gasteiger partial charge on any atom is 0.253 e. The van der Waals surface area contributed by atoms with Crippen LogP contribution in [-0.2, 0) is 24.4 Å². The Morgan fingerprint density at radius 1 is 0.805 bits per heavy atom. The highest BCUT2D eigenvalue weighted by Crippen LogP contribution is 2.46. The number of nitrogens with zero attached hydrogens (tertiary/aromatic N) is 6. The first kappa shape index (κ1) is 52.1. The molecule has 0 bridgehead atoms. The Bertz CT molecular complexity index is 3670. The quantitative estimate of drug-likeness (QED) is 0.0747. The molecule has 0 radical (unpaired) electrons. The maximum atomic E-state index is 13.9. The molecular formula is C63H68N9O5+. The van der Waals surface area contributed by atoms with Crippen LogP contribution in [0, 0.1) is 0 Å². The topological polar surface area (TPSA) is 172 Å². The number of carbonyl (C=O) groups excluding carboxylic acids is 3. The Hall–Kier alpha value is -8.39. The van der Waals surface area contributed by atoms with Crippen LogP contribution < -0.4 is 40.6 Å². The first-order chi connectivity index (χ1) is 36.9. The molecule has 4 N–H and O–H groups in total. The number of benzene rings is 5. The molecule has 3 aliphatic heterocycles. The van der Waals surface area contributed by atoms with E-state index in [0.717, 1.165) is 74.2 Å². The molecule has 394 valence electrons. The van der Waals surface area contributed by atoms with Crippen LogP contribution >= 0.6 is 0 Å². The highest BCUT2D eigenvalue weighted by Gasteiger charge is 2.36. The second kappa shape index (κ2) is 21.0. The number of aromatic nitrogens is 4. The van der Waals surface area contributed by atoms with Gasteiger partial charge in [0.2, 0.25) is 17.2 Å². The van der Waals surface area contributed by atoms with Crippen LogP contribution in [0.1, 0.15) is 134 Å². The number of anilines is 2. The first-order valence-electron chi connectivity index (χ1n) is 26.7. The first-order valence-corrected chi connectivity index (χ1v) is 26.7. The molecule has 10 rings (SSSR count). The Kier molecular flexibility index (Phi) is 14.2. The Balaban J connectivity index is 0.747. The lowest BCUT2D eigenvalue weighted by molar-refractivity contribution is -0.119. The van der Waals surface area contributed by atoms with Gasteiger partial charge in [0.1, 0.15) is 36.0 Å². The van der Waals surface area contributed by atoms with E-state index < -0.39 is 0 Å². The molecule has 3 aliphatic rings. The number of nitrogen functional groups attached to an aromatic ring is 1. The summed E-state index contributed by atoms with van der Waals surface area (Å²) in [4.78, 5) is 59.4. The summed E-state index contributed by atoms with van der Waals surface area (Å²) in [5, 5.41) is 5.17. The molecule has 0 fully saturated rings. The normalized spacial score (nSPS) is 14.8. The predicted molar refractivity (Wildman–Crippen MR) is 305 cm³/mol. The largest absolute Gasteiger partial charge is 0.471 e. The molecule has 2 aromatic heterocycles. The molecule has 2 amide bonds. The number of hydrogen-bond donors (Lipinski definition) is 3. The number of ketones is 1. The molecule has 0 saturated heterocycles. The van der Waals surface area contributed by atoms with Crippen molar-refractivity contribution in [3.05, 3.63) is 176 Å². The van der Waals surface area contributed by atoms with Crippen molar-refractivity contribution in [1.29, 1.82) is 0 Å². The van der Waals surface area contributed by atoms with Gasteiger partial charge in [-0.3, -0.25) is 14.4 Å². The highest BCUT2D eigenvalue weighted by molar-refractivity contribution is 5.96. The Labute approximate surface area is 450 Å². The number of Topliss-reactive ketones (excluding diaryl/α,β-unsaturated/α-hetero) is 1. The van der Waals surface area contributed by atoms with Crippen LogP contribution in [0.15, 0.2) is 116 Å². The molecule has 0 aliphatic carbocycles. The van der Waals surface area contributed by atoms with Crippen molar-refractivity contribution in [2.75, 3.05) is 37.3 Å². The molecule has 5 heterocycles. The average molecular weight is 1030 g/mol. The van der Waals surface area contributed by atoms with Gasteiger partial charge in [-0.1, -0.05) is 54.6 Å². The smallest absolute Gasteiger partial charge is 0.253 e. The number of likely N-dealkylation sites (N-methyl/N-ethyl adjacent to an activating group) is 2. The van der Waals surface area contributed by atoms with Crippen LogP contribution in [0.25, 0.3) is 27.9 Å². The van der Waals surface area contributed by atoms with Crippen molar-refractivity contribution in [1.82, 2.24) is 34.7 Å². The molecule has 0 spiro atoms. The van der Waals surface area contributed by atoms with Crippen LogP contribution in [0.3, 0.4) is 0 Å². The summed E-state index contributed by atoms with van der Waals surface area (Å²) in [7, 11) is 1.80. The molecule has 7 aromatic rings. The lowest BCUT2D eigenvalue weighted by Gasteiger charge is -2.43. The minimum Gasteiger partial charge on any atom is -0.471 e. The van der Waals surface area contributed by atoms with Gasteiger partial charge in [-0.05, 0) is 130 Å². The number of imidazole rings is 1. The number of aryl methyl sites for hydroxylation is 1. The van der Waals surface area contributed by atoms with Gasteiger partial charge >= 0.3 is 0 Å². The minimum atomic E-state index is -0.188. The van der Waals surface area contributed by atoms with Gasteiger partial charge in [0, 0.05) is 104 Å². The summed E-state index contributed by atoms with van der Waals surface area (Å²) in [6.45, 7) is 20.6. The van der Waals surface area contributed by atoms with Crippen LogP contribution in [0.2, 0.25) is 0 Å². The van der Waals surface area contributed by atoms with Crippen LogP contribution in [0.4, 0.5) is 11.6 Å². The van der Waals surface area contributed by atoms with Gasteiger partial charge in [-0.25, -0.2) is 9.56 Å². The van der Waals surface area contributed by atoms with Gasteiger partial charge in [-0.2, -0.15) is 9.97 Å². The monoisotopic (exact) mass is 1030 g/mol. The number of amides is 2. The van der Waals surface area contributed by atoms with E-state index >= 15 is 0 Å². The van der Waals surface area contributed by atoms with Gasteiger partial charge in [-0.15, -0.1) is 0 Å². The SMILES string of the molecule is CCN1c2cc3c(cc2C(C)=CC1(C)C)C(c1ccc(C(=O)N(C)CCCC(=O)CCc2ccc(C(=O)NCc4ccc(COc5nc(N)nc6nc[nH]c56)cc4)cc2)cc1)=c1cc2c(cc1O3)=[N+](CC)C(C)(C)C=C2C.